The van der Waals surface area contributed by atoms with E-state index in [1.54, 1.807) is 6.08 Å². The van der Waals surface area contributed by atoms with E-state index >= 15 is 0 Å². The van der Waals surface area contributed by atoms with E-state index in [0.717, 1.165) is 5.57 Å². The fourth-order valence-electron chi connectivity index (χ4n) is 0.993. The Morgan fingerprint density at radius 2 is 2.20 bits per heavy atom. The Labute approximate surface area is 60.4 Å². The second kappa shape index (κ2) is 2.11. The smallest absolute Gasteiger partial charge is 0.104 e. The van der Waals surface area contributed by atoms with Crippen LogP contribution in [0.25, 0.3) is 0 Å². The molecule has 2 heteroatoms. The zero-order chi connectivity index (χ0) is 7.78. The average molecular weight is 141 g/mol. The molecule has 0 aromatic carbocycles. The Morgan fingerprint density at radius 1 is 1.60 bits per heavy atom. The van der Waals surface area contributed by atoms with Crippen LogP contribution in [0, 0.1) is 5.41 Å². The summed E-state index contributed by atoms with van der Waals surface area (Å²) in [5.41, 5.74) is 6.71. The lowest BCUT2D eigenvalue weighted by molar-refractivity contribution is 0.327. The second-order valence-electron chi connectivity index (χ2n) is 2.94. The van der Waals surface area contributed by atoms with Crippen LogP contribution in [0.15, 0.2) is 23.4 Å². The average Bonchev–Trinajstić information content (AvgIpc) is 2.18. The molecule has 0 radical (unpaired) electrons. The van der Waals surface area contributed by atoms with Gasteiger partial charge in [-0.15, -0.1) is 0 Å². The van der Waals surface area contributed by atoms with E-state index in [2.05, 4.69) is 0 Å². The SMILES string of the molecule is CC1=CC=C(N)[C@]1(C)CF. The highest BCUT2D eigenvalue weighted by Gasteiger charge is 2.31. The minimum absolute atomic E-state index is 0.405. The van der Waals surface area contributed by atoms with E-state index in [4.69, 9.17) is 5.73 Å². The molecule has 1 atom stereocenters. The van der Waals surface area contributed by atoms with Crippen LogP contribution in [-0.4, -0.2) is 6.67 Å². The van der Waals surface area contributed by atoms with Crippen molar-refractivity contribution in [3.8, 4) is 0 Å². The van der Waals surface area contributed by atoms with Gasteiger partial charge in [0, 0.05) is 5.70 Å². The number of nitrogens with two attached hydrogens (primary N) is 1. The lowest BCUT2D eigenvalue weighted by Crippen LogP contribution is -2.25. The third kappa shape index (κ3) is 0.753. The monoisotopic (exact) mass is 141 g/mol. The van der Waals surface area contributed by atoms with Crippen molar-refractivity contribution in [2.24, 2.45) is 11.1 Å². The van der Waals surface area contributed by atoms with Gasteiger partial charge in [0.05, 0.1) is 5.41 Å². The third-order valence-corrected chi connectivity index (χ3v) is 2.29. The molecule has 56 valence electrons. The van der Waals surface area contributed by atoms with Crippen molar-refractivity contribution in [1.29, 1.82) is 0 Å². The molecule has 0 bridgehead atoms. The van der Waals surface area contributed by atoms with E-state index in [1.807, 2.05) is 19.9 Å². The van der Waals surface area contributed by atoms with Crippen molar-refractivity contribution in [3.63, 3.8) is 0 Å². The first-order chi connectivity index (χ1) is 4.61. The van der Waals surface area contributed by atoms with Crippen molar-refractivity contribution in [1.82, 2.24) is 0 Å². The number of allylic oxidation sites excluding steroid dienone is 3. The van der Waals surface area contributed by atoms with E-state index in [0.29, 0.717) is 5.70 Å². The third-order valence-electron chi connectivity index (χ3n) is 2.29. The molecule has 0 aromatic rings. The van der Waals surface area contributed by atoms with Gasteiger partial charge in [-0.05, 0) is 19.9 Å². The minimum Gasteiger partial charge on any atom is -0.401 e. The van der Waals surface area contributed by atoms with Crippen molar-refractivity contribution in [2.45, 2.75) is 13.8 Å². The van der Waals surface area contributed by atoms with Gasteiger partial charge in [-0.25, -0.2) is 4.39 Å². The Kier molecular flexibility index (Phi) is 1.55. The standard InChI is InChI=1S/C8H12FN/c1-6-3-4-7(10)8(6,2)5-9/h3-4H,5,10H2,1-2H3/t8-/m1/s1. The van der Waals surface area contributed by atoms with Crippen LogP contribution in [0.5, 0.6) is 0 Å². The Balaban J connectivity index is 2.95. The summed E-state index contributed by atoms with van der Waals surface area (Å²) in [5, 5.41) is 0. The zero-order valence-corrected chi connectivity index (χ0v) is 6.32. The lowest BCUT2D eigenvalue weighted by atomic mass is 9.85. The van der Waals surface area contributed by atoms with E-state index in [-0.39, 0.29) is 0 Å². The predicted molar refractivity (Wildman–Crippen MR) is 40.1 cm³/mol. The van der Waals surface area contributed by atoms with Crippen LogP contribution in [0.4, 0.5) is 4.39 Å². The number of alkyl halides is 1. The fourth-order valence-corrected chi connectivity index (χ4v) is 0.993. The molecule has 1 rings (SSSR count). The molecule has 1 nitrogen and oxygen atoms in total. The van der Waals surface area contributed by atoms with Crippen molar-refractivity contribution in [3.05, 3.63) is 23.4 Å². The van der Waals surface area contributed by atoms with Crippen molar-refractivity contribution >= 4 is 0 Å². The van der Waals surface area contributed by atoms with Crippen molar-refractivity contribution in [2.75, 3.05) is 6.67 Å². The van der Waals surface area contributed by atoms with Crippen LogP contribution >= 0.6 is 0 Å². The zero-order valence-electron chi connectivity index (χ0n) is 6.32. The number of halogens is 1. The van der Waals surface area contributed by atoms with Crippen LogP contribution in [-0.2, 0) is 0 Å². The Morgan fingerprint density at radius 3 is 2.40 bits per heavy atom. The minimum atomic E-state index is -0.514. The molecule has 0 heterocycles. The fraction of sp³-hybridized carbons (Fsp3) is 0.500. The van der Waals surface area contributed by atoms with Gasteiger partial charge in [-0.1, -0.05) is 11.6 Å². The van der Waals surface area contributed by atoms with Crippen LogP contribution in [0.1, 0.15) is 13.8 Å². The molecule has 0 fully saturated rings. The molecular formula is C8H12FN. The summed E-state index contributed by atoms with van der Waals surface area (Å²) < 4.78 is 12.4. The van der Waals surface area contributed by atoms with Crippen LogP contribution in [0.2, 0.25) is 0 Å². The molecule has 10 heavy (non-hydrogen) atoms. The van der Waals surface area contributed by atoms with Crippen molar-refractivity contribution < 1.29 is 4.39 Å². The normalized spacial score (nSPS) is 31.9. The first kappa shape index (κ1) is 7.32. The number of hydrogen-bond donors (Lipinski definition) is 1. The van der Waals surface area contributed by atoms with E-state index < -0.39 is 12.1 Å². The van der Waals surface area contributed by atoms with Gasteiger partial charge in [-0.3, -0.25) is 0 Å². The van der Waals surface area contributed by atoms with Gasteiger partial charge in [-0.2, -0.15) is 0 Å². The maximum Gasteiger partial charge on any atom is 0.104 e. The topological polar surface area (TPSA) is 26.0 Å². The molecule has 0 saturated heterocycles. The second-order valence-corrected chi connectivity index (χ2v) is 2.94. The van der Waals surface area contributed by atoms with Gasteiger partial charge in [0.15, 0.2) is 0 Å². The number of rotatable bonds is 1. The first-order valence-electron chi connectivity index (χ1n) is 3.32. The maximum absolute atomic E-state index is 12.4. The lowest BCUT2D eigenvalue weighted by Gasteiger charge is -2.23. The van der Waals surface area contributed by atoms with Gasteiger partial charge < -0.3 is 5.73 Å². The maximum atomic E-state index is 12.4. The summed E-state index contributed by atoms with van der Waals surface area (Å²) in [4.78, 5) is 0. The number of hydrogen-bond acceptors (Lipinski definition) is 1. The largest absolute Gasteiger partial charge is 0.401 e. The molecule has 0 saturated carbocycles. The summed E-state index contributed by atoms with van der Waals surface area (Å²) in [5.74, 6) is 0. The van der Waals surface area contributed by atoms with Gasteiger partial charge >= 0.3 is 0 Å². The highest BCUT2D eigenvalue weighted by Crippen LogP contribution is 2.36. The van der Waals surface area contributed by atoms with Crippen LogP contribution < -0.4 is 5.73 Å². The molecule has 0 spiro atoms. The first-order valence-corrected chi connectivity index (χ1v) is 3.32. The van der Waals surface area contributed by atoms with Gasteiger partial charge in [0.25, 0.3) is 0 Å². The Bertz CT molecular complexity index is 185. The highest BCUT2D eigenvalue weighted by atomic mass is 19.1. The predicted octanol–water partition coefficient (Wildman–Crippen LogP) is 1.76. The van der Waals surface area contributed by atoms with Crippen LogP contribution in [0.3, 0.4) is 0 Å². The molecule has 0 aliphatic heterocycles. The summed E-state index contributed by atoms with van der Waals surface area (Å²) >= 11 is 0. The molecule has 0 amide bonds. The molecular weight excluding hydrogens is 129 g/mol. The Hall–Kier alpha value is -0.790. The van der Waals surface area contributed by atoms with E-state index in [9.17, 15) is 4.39 Å². The van der Waals surface area contributed by atoms with Gasteiger partial charge in [0.2, 0.25) is 0 Å². The van der Waals surface area contributed by atoms with Gasteiger partial charge in [0.1, 0.15) is 6.67 Å². The summed E-state index contributed by atoms with van der Waals surface area (Å²) in [6, 6.07) is 0. The molecule has 2 N–H and O–H groups in total. The summed E-state index contributed by atoms with van der Waals surface area (Å²) in [6.45, 7) is 3.31. The molecule has 1 aliphatic carbocycles. The molecule has 0 aromatic heterocycles. The highest BCUT2D eigenvalue weighted by molar-refractivity contribution is 5.37. The quantitative estimate of drug-likeness (QED) is 0.591. The summed E-state index contributed by atoms with van der Waals surface area (Å²) in [7, 11) is 0. The summed E-state index contributed by atoms with van der Waals surface area (Å²) in [6.07, 6.45) is 3.64. The molecule has 0 unspecified atom stereocenters. The van der Waals surface area contributed by atoms with E-state index in [1.165, 1.54) is 0 Å². The molecule has 1 aliphatic rings.